The monoisotopic (exact) mass is 246 g/mol. The van der Waals surface area contributed by atoms with Gasteiger partial charge in [-0.25, -0.2) is 0 Å². The van der Waals surface area contributed by atoms with Crippen molar-refractivity contribution in [3.8, 4) is 0 Å². The van der Waals surface area contributed by atoms with Crippen LogP contribution in [-0.2, 0) is 6.42 Å². The van der Waals surface area contributed by atoms with Crippen molar-refractivity contribution in [3.63, 3.8) is 0 Å². The highest BCUT2D eigenvalue weighted by Crippen LogP contribution is 2.12. The zero-order valence-electron chi connectivity index (χ0n) is 11.7. The van der Waals surface area contributed by atoms with Crippen molar-refractivity contribution in [1.82, 2.24) is 10.6 Å². The Bertz CT molecular complexity index is 354. The van der Waals surface area contributed by atoms with E-state index in [-0.39, 0.29) is 0 Å². The third kappa shape index (κ3) is 4.11. The van der Waals surface area contributed by atoms with Gasteiger partial charge < -0.3 is 10.6 Å². The van der Waals surface area contributed by atoms with E-state index in [0.717, 1.165) is 13.0 Å². The molecule has 1 fully saturated rings. The Labute approximate surface area is 111 Å². The van der Waals surface area contributed by atoms with Crippen LogP contribution in [-0.4, -0.2) is 25.2 Å². The van der Waals surface area contributed by atoms with Crippen LogP contribution in [0.25, 0.3) is 0 Å². The number of aryl methyl sites for hydroxylation is 1. The summed E-state index contributed by atoms with van der Waals surface area (Å²) in [5, 5.41) is 7.26. The maximum absolute atomic E-state index is 3.79. The first-order valence-corrected chi connectivity index (χ1v) is 7.27. The van der Waals surface area contributed by atoms with Gasteiger partial charge in [0.15, 0.2) is 0 Å². The predicted octanol–water partition coefficient (Wildman–Crippen LogP) is 2.66. The van der Waals surface area contributed by atoms with E-state index in [0.29, 0.717) is 12.1 Å². The molecule has 0 bridgehead atoms. The highest BCUT2D eigenvalue weighted by atomic mass is 15.0. The molecule has 2 rings (SSSR count). The average Bonchev–Trinajstić information content (AvgIpc) is 2.61. The van der Waals surface area contributed by atoms with Crippen LogP contribution in [0.3, 0.4) is 0 Å². The number of benzene rings is 1. The van der Waals surface area contributed by atoms with Crippen molar-refractivity contribution < 1.29 is 0 Å². The van der Waals surface area contributed by atoms with Crippen molar-refractivity contribution in [2.75, 3.05) is 13.1 Å². The van der Waals surface area contributed by atoms with E-state index in [1.54, 1.807) is 0 Å². The van der Waals surface area contributed by atoms with Gasteiger partial charge in [0, 0.05) is 12.1 Å². The quantitative estimate of drug-likeness (QED) is 0.853. The maximum atomic E-state index is 3.79. The molecule has 2 nitrogen and oxygen atoms in total. The summed E-state index contributed by atoms with van der Waals surface area (Å²) in [7, 11) is 0. The van der Waals surface area contributed by atoms with Crippen molar-refractivity contribution >= 4 is 0 Å². The Kier molecular flexibility index (Phi) is 5.21. The minimum atomic E-state index is 0.564. The molecule has 100 valence electrons. The lowest BCUT2D eigenvalue weighted by atomic mass is 10.0. The topological polar surface area (TPSA) is 24.1 Å². The summed E-state index contributed by atoms with van der Waals surface area (Å²) in [5.74, 6) is 0. The Morgan fingerprint density at radius 3 is 2.94 bits per heavy atom. The normalized spacial score (nSPS) is 22.4. The zero-order valence-corrected chi connectivity index (χ0v) is 11.7. The summed E-state index contributed by atoms with van der Waals surface area (Å²) in [5.41, 5.74) is 2.89. The smallest absolute Gasteiger partial charge is 0.00822 e. The lowest BCUT2D eigenvalue weighted by Crippen LogP contribution is -2.38. The number of rotatable bonds is 4. The fraction of sp³-hybridized carbons (Fsp3) is 0.625. The molecule has 1 aliphatic rings. The predicted molar refractivity (Wildman–Crippen MR) is 78.0 cm³/mol. The fourth-order valence-corrected chi connectivity index (χ4v) is 2.82. The van der Waals surface area contributed by atoms with Crippen molar-refractivity contribution in [1.29, 1.82) is 0 Å². The second-order valence-electron chi connectivity index (χ2n) is 5.58. The molecule has 0 aliphatic carbocycles. The van der Waals surface area contributed by atoms with Gasteiger partial charge in [-0.1, -0.05) is 24.3 Å². The van der Waals surface area contributed by atoms with Crippen molar-refractivity contribution in [2.45, 2.75) is 51.6 Å². The lowest BCUT2D eigenvalue weighted by molar-refractivity contribution is 0.412. The molecule has 2 unspecified atom stereocenters. The van der Waals surface area contributed by atoms with Gasteiger partial charge in [-0.2, -0.15) is 0 Å². The molecule has 2 N–H and O–H groups in total. The molecule has 0 aromatic heterocycles. The van der Waals surface area contributed by atoms with Crippen LogP contribution in [0.15, 0.2) is 24.3 Å². The van der Waals surface area contributed by atoms with Crippen LogP contribution in [0.2, 0.25) is 0 Å². The van der Waals surface area contributed by atoms with Gasteiger partial charge in [0.25, 0.3) is 0 Å². The molecule has 1 aliphatic heterocycles. The van der Waals surface area contributed by atoms with Crippen molar-refractivity contribution in [3.05, 3.63) is 35.4 Å². The van der Waals surface area contributed by atoms with E-state index in [4.69, 9.17) is 0 Å². The van der Waals surface area contributed by atoms with Crippen LogP contribution in [0.5, 0.6) is 0 Å². The molecule has 18 heavy (non-hydrogen) atoms. The van der Waals surface area contributed by atoms with Crippen LogP contribution in [0.4, 0.5) is 0 Å². The molecule has 0 saturated carbocycles. The number of hydrogen-bond donors (Lipinski definition) is 2. The van der Waals surface area contributed by atoms with E-state index < -0.39 is 0 Å². The maximum Gasteiger partial charge on any atom is 0.00822 e. The third-order valence-corrected chi connectivity index (χ3v) is 3.88. The van der Waals surface area contributed by atoms with Crippen LogP contribution in [0.1, 0.15) is 37.3 Å². The summed E-state index contributed by atoms with van der Waals surface area (Å²) in [6.45, 7) is 6.86. The Morgan fingerprint density at radius 1 is 1.28 bits per heavy atom. The first-order chi connectivity index (χ1) is 8.75. The molecule has 1 saturated heterocycles. The SMILES string of the molecule is Cc1ccccc1CC(C)NC1CCCNCC1. The van der Waals surface area contributed by atoms with E-state index >= 15 is 0 Å². The molecule has 2 atom stereocenters. The molecular weight excluding hydrogens is 220 g/mol. The summed E-state index contributed by atoms with van der Waals surface area (Å²) in [6, 6.07) is 9.98. The first-order valence-electron chi connectivity index (χ1n) is 7.27. The number of hydrogen-bond acceptors (Lipinski definition) is 2. The van der Waals surface area contributed by atoms with Crippen LogP contribution < -0.4 is 10.6 Å². The van der Waals surface area contributed by atoms with E-state index in [1.807, 2.05) is 0 Å². The molecule has 1 aromatic rings. The highest BCUT2D eigenvalue weighted by molar-refractivity contribution is 5.26. The van der Waals surface area contributed by atoms with E-state index in [9.17, 15) is 0 Å². The summed E-state index contributed by atoms with van der Waals surface area (Å²) < 4.78 is 0. The van der Waals surface area contributed by atoms with Gasteiger partial charge in [-0.05, 0) is 63.7 Å². The average molecular weight is 246 g/mol. The standard InChI is InChI=1S/C16H26N2/c1-13-6-3-4-7-15(13)12-14(2)18-16-8-5-10-17-11-9-16/h3-4,6-7,14,16-18H,5,8-12H2,1-2H3. The molecule has 2 heteroatoms. The first kappa shape index (κ1) is 13.6. The summed E-state index contributed by atoms with van der Waals surface area (Å²) in [6.07, 6.45) is 5.01. The summed E-state index contributed by atoms with van der Waals surface area (Å²) >= 11 is 0. The van der Waals surface area contributed by atoms with Gasteiger partial charge in [0.05, 0.1) is 0 Å². The second kappa shape index (κ2) is 6.91. The Balaban J connectivity index is 1.84. The molecule has 1 aromatic carbocycles. The third-order valence-electron chi connectivity index (χ3n) is 3.88. The lowest BCUT2D eigenvalue weighted by Gasteiger charge is -2.22. The molecular formula is C16H26N2. The molecule has 0 amide bonds. The largest absolute Gasteiger partial charge is 0.317 e. The van der Waals surface area contributed by atoms with E-state index in [2.05, 4.69) is 48.7 Å². The van der Waals surface area contributed by atoms with Crippen molar-refractivity contribution in [2.24, 2.45) is 0 Å². The molecule has 1 heterocycles. The van der Waals surface area contributed by atoms with Gasteiger partial charge in [0.2, 0.25) is 0 Å². The number of nitrogens with one attached hydrogen (secondary N) is 2. The second-order valence-corrected chi connectivity index (χ2v) is 5.58. The summed E-state index contributed by atoms with van der Waals surface area (Å²) in [4.78, 5) is 0. The van der Waals surface area contributed by atoms with Crippen LogP contribution in [0, 0.1) is 6.92 Å². The fourth-order valence-electron chi connectivity index (χ4n) is 2.82. The van der Waals surface area contributed by atoms with E-state index in [1.165, 1.54) is 36.9 Å². The Morgan fingerprint density at radius 2 is 2.11 bits per heavy atom. The van der Waals surface area contributed by atoms with Gasteiger partial charge in [-0.3, -0.25) is 0 Å². The van der Waals surface area contributed by atoms with Gasteiger partial charge in [0.1, 0.15) is 0 Å². The van der Waals surface area contributed by atoms with Gasteiger partial charge >= 0.3 is 0 Å². The van der Waals surface area contributed by atoms with Gasteiger partial charge in [-0.15, -0.1) is 0 Å². The highest BCUT2D eigenvalue weighted by Gasteiger charge is 2.14. The Hall–Kier alpha value is -0.860. The van der Waals surface area contributed by atoms with Crippen LogP contribution >= 0.6 is 0 Å². The molecule has 0 radical (unpaired) electrons. The molecule has 0 spiro atoms. The minimum absolute atomic E-state index is 0.564. The minimum Gasteiger partial charge on any atom is -0.317 e. The zero-order chi connectivity index (χ0) is 12.8.